The van der Waals surface area contributed by atoms with Gasteiger partial charge in [-0.25, -0.2) is 0 Å². The lowest BCUT2D eigenvalue weighted by Gasteiger charge is -2.38. The van der Waals surface area contributed by atoms with Crippen LogP contribution in [-0.4, -0.2) is 51.5 Å². The van der Waals surface area contributed by atoms with Crippen LogP contribution in [-0.2, 0) is 27.7 Å². The van der Waals surface area contributed by atoms with Crippen molar-refractivity contribution < 1.29 is 9.47 Å². The van der Waals surface area contributed by atoms with Crippen molar-refractivity contribution in [1.29, 1.82) is 0 Å². The third-order valence-electron chi connectivity index (χ3n) is 15.6. The fraction of sp³-hybridized carbons (Fsp3) is 0.261. The Balaban J connectivity index is 1.18. The molecule has 12 aromatic carbocycles. The fourth-order valence-electron chi connectivity index (χ4n) is 14.6. The first-order chi connectivity index (χ1) is 24.2. The first kappa shape index (κ1) is 23.0. The lowest BCUT2D eigenvalue weighted by Crippen LogP contribution is -2.42. The van der Waals surface area contributed by atoms with E-state index in [9.17, 15) is 0 Å². The van der Waals surface area contributed by atoms with E-state index in [1.54, 1.807) is 142 Å². The standard InChI is InChI=1S/C46H27NO2/c1-48-4-5-49-3-2-47-14-24-23-12-21-10-18-8-19-7-16-6-17-9-20-11-22-13-46(24,15-47)45-31(22)36-30(20)35-26(17)25(16)33-29(19)34-27(18)28(21)37-32(23)44(45)43-41(36)39(35)38(33)40(34)42(37)43/h6-9,11,24H,2-5,10,12-15H2,1H3. The number of fused-ring (bicyclic) bond motifs is 1. The van der Waals surface area contributed by atoms with Gasteiger partial charge in [-0.15, -0.1) is 0 Å². The summed E-state index contributed by atoms with van der Waals surface area (Å²) in [5.74, 6) is 0.558. The Kier molecular flexibility index (Phi) is 3.01. The average molecular weight is 626 g/mol. The highest BCUT2D eigenvalue weighted by molar-refractivity contribution is 6.63. The lowest BCUT2D eigenvalue weighted by atomic mass is 9.64. The zero-order valence-electron chi connectivity index (χ0n) is 27.1. The molecule has 1 heterocycles. The second-order valence-corrected chi connectivity index (χ2v) is 17.2. The Hall–Kier alpha value is -4.54. The van der Waals surface area contributed by atoms with E-state index in [2.05, 4.69) is 35.2 Å². The highest BCUT2D eigenvalue weighted by Crippen LogP contribution is 2.67. The Morgan fingerprint density at radius 1 is 0.592 bits per heavy atom. The van der Waals surface area contributed by atoms with Gasteiger partial charge in [0.2, 0.25) is 0 Å². The van der Waals surface area contributed by atoms with E-state index in [4.69, 9.17) is 9.47 Å². The summed E-state index contributed by atoms with van der Waals surface area (Å²) in [4.78, 5) is 2.78. The van der Waals surface area contributed by atoms with Crippen molar-refractivity contribution in [3.05, 3.63) is 57.5 Å². The van der Waals surface area contributed by atoms with Crippen LogP contribution >= 0.6 is 0 Å². The Bertz CT molecular complexity index is 3660. The maximum Gasteiger partial charge on any atom is 0.0700 e. The third-order valence-corrected chi connectivity index (χ3v) is 15.6. The molecule has 12 aromatic rings. The van der Waals surface area contributed by atoms with Crippen LogP contribution in [0.3, 0.4) is 0 Å². The predicted octanol–water partition coefficient (Wildman–Crippen LogP) is 7.98. The minimum absolute atomic E-state index is 0.145. The van der Waals surface area contributed by atoms with Crippen LogP contribution in [0.2, 0.25) is 0 Å². The van der Waals surface area contributed by atoms with Gasteiger partial charge in [-0.1, -0.05) is 23.3 Å². The zero-order chi connectivity index (χ0) is 30.7. The van der Waals surface area contributed by atoms with Crippen LogP contribution < -0.4 is 10.4 Å². The van der Waals surface area contributed by atoms with Crippen molar-refractivity contribution in [3.63, 3.8) is 0 Å². The molecular weight excluding hydrogens is 599 g/mol. The van der Waals surface area contributed by atoms with Gasteiger partial charge < -0.3 is 9.47 Å². The van der Waals surface area contributed by atoms with Gasteiger partial charge in [-0.3, -0.25) is 4.90 Å². The molecule has 0 radical (unpaired) electrons. The molecule has 2 atom stereocenters. The van der Waals surface area contributed by atoms with Gasteiger partial charge in [0.25, 0.3) is 0 Å². The summed E-state index contributed by atoms with van der Waals surface area (Å²) in [6, 6.07) is 13.0. The number of methoxy groups -OCH3 is 1. The molecule has 5 aliphatic rings. The number of benzene rings is 8. The van der Waals surface area contributed by atoms with Crippen molar-refractivity contribution in [1.82, 2.24) is 4.90 Å². The summed E-state index contributed by atoms with van der Waals surface area (Å²) in [6.45, 7) is 5.43. The van der Waals surface area contributed by atoms with Crippen LogP contribution in [0.5, 0.6) is 0 Å². The zero-order valence-corrected chi connectivity index (χ0v) is 27.1. The Labute approximate surface area is 277 Å². The monoisotopic (exact) mass is 625 g/mol. The van der Waals surface area contributed by atoms with Gasteiger partial charge >= 0.3 is 0 Å². The second kappa shape index (κ2) is 6.42. The van der Waals surface area contributed by atoms with Crippen LogP contribution in [0.15, 0.2) is 30.3 Å². The normalized spacial score (nSPS) is 23.4. The maximum absolute atomic E-state index is 6.08. The third kappa shape index (κ3) is 1.86. The summed E-state index contributed by atoms with van der Waals surface area (Å²) in [5, 5.41) is 38.4. The molecule has 17 rings (SSSR count). The molecule has 3 nitrogen and oxygen atoms in total. The SMILES string of the molecule is COCCOCCN1CC2C3=c4c5c6c7c(cc8cc9cc%10cc%11cc%12c%13c(c4c4c5c5c7c8c7c9c%10c8c%11c%13c4c8c75)=C(C3)C%12)CC62C1. The lowest BCUT2D eigenvalue weighted by molar-refractivity contribution is 0.0596. The summed E-state index contributed by atoms with van der Waals surface area (Å²) < 4.78 is 11.4. The Morgan fingerprint density at radius 3 is 1.96 bits per heavy atom. The summed E-state index contributed by atoms with van der Waals surface area (Å²) >= 11 is 0. The predicted molar refractivity (Wildman–Crippen MR) is 202 cm³/mol. The molecule has 1 spiro atoms. The van der Waals surface area contributed by atoms with Crippen LogP contribution in [0.4, 0.5) is 0 Å². The second-order valence-electron chi connectivity index (χ2n) is 17.2. The van der Waals surface area contributed by atoms with E-state index in [-0.39, 0.29) is 5.41 Å². The molecule has 2 unspecified atom stereocenters. The summed E-state index contributed by atoms with van der Waals surface area (Å²) in [7, 11) is 1.76. The molecular formula is C46H27NO2. The van der Waals surface area contributed by atoms with Gasteiger partial charge in [0.1, 0.15) is 0 Å². The number of hydrogen-bond acceptors (Lipinski definition) is 3. The first-order valence-corrected chi connectivity index (χ1v) is 18.6. The largest absolute Gasteiger partial charge is 0.382 e. The van der Waals surface area contributed by atoms with Crippen LogP contribution in [0.25, 0.3) is 130 Å². The topological polar surface area (TPSA) is 21.7 Å². The van der Waals surface area contributed by atoms with Gasteiger partial charge in [-0.2, -0.15) is 0 Å². The fourth-order valence-corrected chi connectivity index (χ4v) is 14.6. The van der Waals surface area contributed by atoms with Crippen molar-refractivity contribution in [2.75, 3.05) is 46.6 Å². The number of hydrogen-bond donors (Lipinski definition) is 0. The maximum atomic E-state index is 6.08. The van der Waals surface area contributed by atoms with Crippen molar-refractivity contribution >= 4 is 130 Å². The molecule has 0 saturated carbocycles. The average Bonchev–Trinajstić information content (AvgIpc) is 3.94. The quantitative estimate of drug-likeness (QED) is 0.138. The van der Waals surface area contributed by atoms with Crippen molar-refractivity contribution in [2.45, 2.75) is 24.7 Å². The van der Waals surface area contributed by atoms with Gasteiger partial charge in [-0.05, 0) is 183 Å². The van der Waals surface area contributed by atoms with E-state index in [0.29, 0.717) is 19.1 Å². The molecule has 0 amide bonds. The van der Waals surface area contributed by atoms with Crippen molar-refractivity contribution in [3.8, 4) is 0 Å². The molecule has 0 N–H and O–H groups in total. The first-order valence-electron chi connectivity index (χ1n) is 18.6. The molecule has 1 aliphatic heterocycles. The van der Waals surface area contributed by atoms with Crippen molar-refractivity contribution in [2.24, 2.45) is 5.92 Å². The molecule has 228 valence electrons. The minimum Gasteiger partial charge on any atom is -0.382 e. The van der Waals surface area contributed by atoms with E-state index < -0.39 is 0 Å². The molecule has 3 heteroatoms. The van der Waals surface area contributed by atoms with Crippen LogP contribution in [0.1, 0.15) is 23.1 Å². The van der Waals surface area contributed by atoms with E-state index >= 15 is 0 Å². The van der Waals surface area contributed by atoms with E-state index in [1.807, 2.05) is 0 Å². The number of rotatable bonds is 6. The number of ether oxygens (including phenoxy) is 2. The van der Waals surface area contributed by atoms with Gasteiger partial charge in [0.05, 0.1) is 19.8 Å². The smallest absolute Gasteiger partial charge is 0.0700 e. The highest BCUT2D eigenvalue weighted by atomic mass is 16.5. The number of likely N-dealkylation sites (tertiary alicyclic amines) is 1. The Morgan fingerprint density at radius 2 is 1.20 bits per heavy atom. The van der Waals surface area contributed by atoms with E-state index in [0.717, 1.165) is 39.1 Å². The number of nitrogens with zero attached hydrogens (tertiary/aromatic N) is 1. The molecule has 0 aromatic heterocycles. The molecule has 49 heavy (non-hydrogen) atoms. The van der Waals surface area contributed by atoms with E-state index in [1.165, 1.54) is 28.0 Å². The summed E-state index contributed by atoms with van der Waals surface area (Å²) in [5.41, 5.74) is 8.64. The molecule has 0 bridgehead atoms. The molecule has 4 aliphatic carbocycles. The molecule has 1 saturated heterocycles. The minimum atomic E-state index is 0.145. The molecule has 1 fully saturated rings. The van der Waals surface area contributed by atoms with Gasteiger partial charge in [0, 0.05) is 38.1 Å². The van der Waals surface area contributed by atoms with Gasteiger partial charge in [0.15, 0.2) is 0 Å². The highest BCUT2D eigenvalue weighted by Gasteiger charge is 2.57. The van der Waals surface area contributed by atoms with Crippen LogP contribution in [0, 0.1) is 5.92 Å². The summed E-state index contributed by atoms with van der Waals surface area (Å²) in [6.07, 6.45) is 3.47.